The third-order valence-corrected chi connectivity index (χ3v) is 2.71. The molecule has 0 aliphatic rings. The zero-order chi connectivity index (χ0) is 10.6. The van der Waals surface area contributed by atoms with E-state index in [9.17, 15) is 4.79 Å². The lowest BCUT2D eigenvalue weighted by Crippen LogP contribution is -2.30. The standard InChI is InChI=1S/C10H14N2OS/c1-7(2)14-9-6-4-3-5-8(9)10(13)12-11/h3-7H,11H2,1-2H3,(H,12,13). The van der Waals surface area contributed by atoms with Crippen molar-refractivity contribution >= 4 is 17.7 Å². The van der Waals surface area contributed by atoms with Crippen LogP contribution in [-0.4, -0.2) is 11.2 Å². The highest BCUT2D eigenvalue weighted by molar-refractivity contribution is 8.00. The molecule has 0 bridgehead atoms. The summed E-state index contributed by atoms with van der Waals surface area (Å²) in [6.45, 7) is 4.17. The number of hydrazine groups is 1. The number of rotatable bonds is 3. The van der Waals surface area contributed by atoms with Crippen molar-refractivity contribution in [2.45, 2.75) is 24.0 Å². The van der Waals surface area contributed by atoms with E-state index in [4.69, 9.17) is 5.84 Å². The maximum Gasteiger partial charge on any atom is 0.266 e. The van der Waals surface area contributed by atoms with Gasteiger partial charge in [-0.25, -0.2) is 5.84 Å². The molecule has 0 aliphatic carbocycles. The second kappa shape index (κ2) is 5.02. The summed E-state index contributed by atoms with van der Waals surface area (Å²) >= 11 is 1.65. The molecule has 1 rings (SSSR count). The van der Waals surface area contributed by atoms with Crippen molar-refractivity contribution in [1.29, 1.82) is 0 Å². The predicted octanol–water partition coefficient (Wildman–Crippen LogP) is 1.79. The third kappa shape index (κ3) is 2.75. The second-order valence-electron chi connectivity index (χ2n) is 3.14. The molecular formula is C10H14N2OS. The Morgan fingerprint density at radius 2 is 2.07 bits per heavy atom. The lowest BCUT2D eigenvalue weighted by atomic mass is 10.2. The predicted molar refractivity (Wildman–Crippen MR) is 59.1 cm³/mol. The SMILES string of the molecule is CC(C)Sc1ccccc1C(=O)NN. The molecule has 4 heteroatoms. The molecule has 0 fully saturated rings. The van der Waals surface area contributed by atoms with E-state index in [-0.39, 0.29) is 5.91 Å². The molecule has 0 spiro atoms. The molecule has 0 saturated heterocycles. The number of thioether (sulfide) groups is 1. The molecule has 0 atom stereocenters. The quantitative estimate of drug-likeness (QED) is 0.346. The Morgan fingerprint density at radius 3 is 2.64 bits per heavy atom. The lowest BCUT2D eigenvalue weighted by molar-refractivity contribution is 0.0951. The molecule has 0 aliphatic heterocycles. The molecule has 14 heavy (non-hydrogen) atoms. The first-order valence-corrected chi connectivity index (χ1v) is 5.29. The normalized spacial score (nSPS) is 10.3. The fraction of sp³-hybridized carbons (Fsp3) is 0.300. The molecule has 3 nitrogen and oxygen atoms in total. The first-order chi connectivity index (χ1) is 6.65. The van der Waals surface area contributed by atoms with Crippen molar-refractivity contribution in [3.8, 4) is 0 Å². The van der Waals surface area contributed by atoms with Crippen molar-refractivity contribution < 1.29 is 4.79 Å². The molecule has 1 aromatic rings. The van der Waals surface area contributed by atoms with Gasteiger partial charge in [0.1, 0.15) is 0 Å². The number of nitrogen functional groups attached to an aromatic ring is 1. The monoisotopic (exact) mass is 210 g/mol. The number of hydrogen-bond acceptors (Lipinski definition) is 3. The van der Waals surface area contributed by atoms with Crippen LogP contribution in [0.15, 0.2) is 29.2 Å². The van der Waals surface area contributed by atoms with Crippen molar-refractivity contribution in [2.24, 2.45) is 5.84 Å². The highest BCUT2D eigenvalue weighted by Gasteiger charge is 2.10. The zero-order valence-electron chi connectivity index (χ0n) is 8.28. The second-order valence-corrected chi connectivity index (χ2v) is 4.75. The van der Waals surface area contributed by atoms with Crippen LogP contribution < -0.4 is 11.3 Å². The molecule has 0 saturated carbocycles. The molecule has 0 unspecified atom stereocenters. The summed E-state index contributed by atoms with van der Waals surface area (Å²) in [7, 11) is 0. The van der Waals surface area contributed by atoms with Crippen LogP contribution in [0.3, 0.4) is 0 Å². The van der Waals surface area contributed by atoms with E-state index >= 15 is 0 Å². The number of benzene rings is 1. The van der Waals surface area contributed by atoms with Crippen molar-refractivity contribution in [2.75, 3.05) is 0 Å². The van der Waals surface area contributed by atoms with Crippen LogP contribution in [-0.2, 0) is 0 Å². The Balaban J connectivity index is 2.97. The maximum atomic E-state index is 11.4. The van der Waals surface area contributed by atoms with Crippen LogP contribution in [0.25, 0.3) is 0 Å². The fourth-order valence-corrected chi connectivity index (χ4v) is 2.04. The highest BCUT2D eigenvalue weighted by atomic mass is 32.2. The topological polar surface area (TPSA) is 55.1 Å². The van der Waals surface area contributed by atoms with Crippen LogP contribution in [0, 0.1) is 0 Å². The minimum Gasteiger partial charge on any atom is -0.290 e. The summed E-state index contributed by atoms with van der Waals surface area (Å²) in [6, 6.07) is 7.44. The molecule has 1 amide bonds. The van der Waals surface area contributed by atoms with Crippen LogP contribution >= 0.6 is 11.8 Å². The Hall–Kier alpha value is -1.00. The minimum atomic E-state index is -0.242. The van der Waals surface area contributed by atoms with Crippen LogP contribution in [0.4, 0.5) is 0 Å². The average molecular weight is 210 g/mol. The van der Waals surface area contributed by atoms with E-state index in [1.54, 1.807) is 17.8 Å². The summed E-state index contributed by atoms with van der Waals surface area (Å²) in [4.78, 5) is 12.3. The van der Waals surface area contributed by atoms with Gasteiger partial charge in [-0.1, -0.05) is 26.0 Å². The number of nitrogens with one attached hydrogen (secondary N) is 1. The van der Waals surface area contributed by atoms with Crippen LogP contribution in [0.1, 0.15) is 24.2 Å². The van der Waals surface area contributed by atoms with Gasteiger partial charge in [0.2, 0.25) is 0 Å². The Labute approximate surface area is 88.0 Å². The first kappa shape index (κ1) is 11.1. The van der Waals surface area contributed by atoms with Gasteiger partial charge in [0.25, 0.3) is 5.91 Å². The number of nitrogens with two attached hydrogens (primary N) is 1. The van der Waals surface area contributed by atoms with Crippen LogP contribution in [0.2, 0.25) is 0 Å². The largest absolute Gasteiger partial charge is 0.290 e. The Kier molecular flexibility index (Phi) is 3.98. The van der Waals surface area contributed by atoms with E-state index in [2.05, 4.69) is 19.3 Å². The van der Waals surface area contributed by atoms with Gasteiger partial charge in [0, 0.05) is 10.1 Å². The van der Waals surface area contributed by atoms with Gasteiger partial charge in [-0.05, 0) is 12.1 Å². The number of hydrogen-bond donors (Lipinski definition) is 2. The Morgan fingerprint density at radius 1 is 1.43 bits per heavy atom. The lowest BCUT2D eigenvalue weighted by Gasteiger charge is -2.09. The fourth-order valence-electron chi connectivity index (χ4n) is 1.09. The van der Waals surface area contributed by atoms with E-state index in [0.717, 1.165) is 4.90 Å². The summed E-state index contributed by atoms with van der Waals surface area (Å²) < 4.78 is 0. The molecule has 76 valence electrons. The zero-order valence-corrected chi connectivity index (χ0v) is 9.10. The molecule has 1 aromatic carbocycles. The summed E-state index contributed by atoms with van der Waals surface area (Å²) in [5.74, 6) is 4.85. The van der Waals surface area contributed by atoms with E-state index < -0.39 is 0 Å². The molecular weight excluding hydrogens is 196 g/mol. The first-order valence-electron chi connectivity index (χ1n) is 4.41. The van der Waals surface area contributed by atoms with Gasteiger partial charge < -0.3 is 0 Å². The van der Waals surface area contributed by atoms with Crippen molar-refractivity contribution in [3.05, 3.63) is 29.8 Å². The van der Waals surface area contributed by atoms with Gasteiger partial charge in [-0.15, -0.1) is 11.8 Å². The molecule has 0 heterocycles. The highest BCUT2D eigenvalue weighted by Crippen LogP contribution is 2.26. The molecule has 3 N–H and O–H groups in total. The maximum absolute atomic E-state index is 11.4. The van der Waals surface area contributed by atoms with E-state index in [1.165, 1.54) is 0 Å². The summed E-state index contributed by atoms with van der Waals surface area (Å²) in [5, 5.41) is 0.446. The van der Waals surface area contributed by atoms with Gasteiger partial charge >= 0.3 is 0 Å². The van der Waals surface area contributed by atoms with Gasteiger partial charge in [0.15, 0.2) is 0 Å². The summed E-state index contributed by atoms with van der Waals surface area (Å²) in [5.41, 5.74) is 2.78. The molecule has 0 aromatic heterocycles. The smallest absolute Gasteiger partial charge is 0.266 e. The third-order valence-electron chi connectivity index (χ3n) is 1.63. The van der Waals surface area contributed by atoms with Gasteiger partial charge in [0.05, 0.1) is 5.56 Å². The van der Waals surface area contributed by atoms with Crippen LogP contribution in [0.5, 0.6) is 0 Å². The van der Waals surface area contributed by atoms with E-state index in [0.29, 0.717) is 10.8 Å². The number of carbonyl (C=O) groups is 1. The number of amides is 1. The van der Waals surface area contributed by atoms with Gasteiger partial charge in [-0.2, -0.15) is 0 Å². The van der Waals surface area contributed by atoms with Crippen molar-refractivity contribution in [3.63, 3.8) is 0 Å². The molecule has 0 radical (unpaired) electrons. The van der Waals surface area contributed by atoms with Gasteiger partial charge in [-0.3, -0.25) is 10.2 Å². The van der Waals surface area contributed by atoms with Crippen molar-refractivity contribution in [1.82, 2.24) is 5.43 Å². The minimum absolute atomic E-state index is 0.242. The van der Waals surface area contributed by atoms with E-state index in [1.807, 2.05) is 18.2 Å². The Bertz CT molecular complexity index is 326. The number of carbonyl (C=O) groups excluding carboxylic acids is 1. The summed E-state index contributed by atoms with van der Waals surface area (Å²) in [6.07, 6.45) is 0. The average Bonchev–Trinajstić information content (AvgIpc) is 2.16.